The van der Waals surface area contributed by atoms with Crippen LogP contribution in [-0.2, 0) is 22.3 Å². The van der Waals surface area contributed by atoms with Crippen LogP contribution in [0.25, 0.3) is 17.2 Å². The number of carbonyl (C=O) groups excluding carboxylic acids is 1. The predicted octanol–water partition coefficient (Wildman–Crippen LogP) is 7.86. The molecule has 242 valence electrons. The number of nitrogens with one attached hydrogen (secondary N) is 1. The molecule has 3 aromatic carbocycles. The lowest BCUT2D eigenvalue weighted by Crippen LogP contribution is -2.29. The molecule has 0 radical (unpaired) electrons. The zero-order chi connectivity index (χ0) is 32.3. The molecule has 1 aromatic heterocycles. The smallest absolute Gasteiger partial charge is 0.251 e. The highest BCUT2D eigenvalue weighted by molar-refractivity contribution is 7.98. The minimum absolute atomic E-state index is 0.0656. The van der Waals surface area contributed by atoms with Crippen molar-refractivity contribution < 1.29 is 14.3 Å². The zero-order valence-corrected chi connectivity index (χ0v) is 28.2. The van der Waals surface area contributed by atoms with E-state index in [1.165, 1.54) is 0 Å². The number of thioether (sulfide) groups is 1. The van der Waals surface area contributed by atoms with Gasteiger partial charge in [0.25, 0.3) is 5.91 Å². The normalized spacial score (nSPS) is 12.9. The number of hydrogen-bond donors (Lipinski definition) is 1. The molecule has 0 saturated carbocycles. The summed E-state index contributed by atoms with van der Waals surface area (Å²) in [6.45, 7) is 10.2. The van der Waals surface area contributed by atoms with E-state index in [1.807, 2.05) is 48.0 Å². The lowest BCUT2D eigenvalue weighted by Gasteiger charge is -2.27. The summed E-state index contributed by atoms with van der Waals surface area (Å²) < 4.78 is 13.4. The van der Waals surface area contributed by atoms with Gasteiger partial charge in [-0.25, -0.2) is 0 Å². The van der Waals surface area contributed by atoms with Gasteiger partial charge in [-0.05, 0) is 83.5 Å². The Morgan fingerprint density at radius 3 is 2.50 bits per heavy atom. The zero-order valence-electron chi connectivity index (χ0n) is 27.4. The van der Waals surface area contributed by atoms with Gasteiger partial charge in [-0.2, -0.15) is 0 Å². The lowest BCUT2D eigenvalue weighted by molar-refractivity contribution is -0.112. The van der Waals surface area contributed by atoms with Crippen LogP contribution < -0.4 is 15.0 Å². The minimum Gasteiger partial charge on any atom is -0.491 e. The molecule has 0 fully saturated rings. The van der Waals surface area contributed by atoms with Crippen LogP contribution in [0.4, 0.5) is 11.4 Å². The number of carbonyl (C=O) groups is 1. The van der Waals surface area contributed by atoms with Crippen LogP contribution in [0.1, 0.15) is 51.2 Å². The summed E-state index contributed by atoms with van der Waals surface area (Å²) in [7, 11) is 1.94. The molecule has 8 nitrogen and oxygen atoms in total. The molecular weight excluding hydrogens is 595 g/mol. The van der Waals surface area contributed by atoms with Crippen LogP contribution in [-0.4, -0.2) is 53.6 Å². The summed E-state index contributed by atoms with van der Waals surface area (Å²) in [6, 6.07) is 22.8. The quantitative estimate of drug-likeness (QED) is 0.105. The van der Waals surface area contributed by atoms with Gasteiger partial charge in [0, 0.05) is 49.4 Å². The van der Waals surface area contributed by atoms with E-state index in [0.29, 0.717) is 25.6 Å². The Bertz CT molecular complexity index is 1600. The van der Waals surface area contributed by atoms with Crippen molar-refractivity contribution in [1.82, 2.24) is 14.8 Å². The fourth-order valence-electron chi connectivity index (χ4n) is 5.34. The second-order valence-corrected chi connectivity index (χ2v) is 13.0. The third-order valence-corrected chi connectivity index (χ3v) is 8.91. The van der Waals surface area contributed by atoms with Crippen molar-refractivity contribution in [2.45, 2.75) is 50.9 Å². The molecule has 9 heteroatoms. The first-order valence-corrected chi connectivity index (χ1v) is 17.2. The maximum Gasteiger partial charge on any atom is 0.251 e. The van der Waals surface area contributed by atoms with Crippen molar-refractivity contribution in [3.05, 3.63) is 89.8 Å². The molecule has 1 aliphatic rings. The first-order valence-electron chi connectivity index (χ1n) is 16.2. The van der Waals surface area contributed by atoms with Crippen molar-refractivity contribution in [1.29, 1.82) is 0 Å². The Balaban J connectivity index is 1.27. The largest absolute Gasteiger partial charge is 0.491 e. The van der Waals surface area contributed by atoms with E-state index in [9.17, 15) is 4.79 Å². The van der Waals surface area contributed by atoms with Gasteiger partial charge in [0.1, 0.15) is 18.7 Å². The number of rotatable bonds is 15. The van der Waals surface area contributed by atoms with Gasteiger partial charge in [-0.1, -0.05) is 69.3 Å². The lowest BCUT2D eigenvalue weighted by atomic mass is 10.00. The fraction of sp³-hybridized carbons (Fsp3) is 0.378. The summed E-state index contributed by atoms with van der Waals surface area (Å²) in [6.07, 6.45) is 6.64. The summed E-state index contributed by atoms with van der Waals surface area (Å²) in [5, 5.41) is 12.1. The summed E-state index contributed by atoms with van der Waals surface area (Å²) in [4.78, 5) is 16.0. The summed E-state index contributed by atoms with van der Waals surface area (Å²) in [5.41, 5.74) is 7.13. The van der Waals surface area contributed by atoms with Crippen LogP contribution in [0.15, 0.2) is 83.8 Å². The van der Waals surface area contributed by atoms with Crippen LogP contribution in [0.5, 0.6) is 5.75 Å². The molecule has 0 saturated heterocycles. The van der Waals surface area contributed by atoms with E-state index in [-0.39, 0.29) is 5.91 Å². The van der Waals surface area contributed by atoms with Crippen molar-refractivity contribution in [3.63, 3.8) is 0 Å². The van der Waals surface area contributed by atoms with Gasteiger partial charge in [0.15, 0.2) is 5.16 Å². The molecule has 2 heterocycles. The Hall–Kier alpha value is -4.08. The number of unbranched alkanes of at least 4 members (excludes halogenated alkanes) is 1. The highest BCUT2D eigenvalue weighted by Crippen LogP contribution is 2.34. The number of benzene rings is 3. The predicted molar refractivity (Wildman–Crippen MR) is 188 cm³/mol. The number of anilines is 2. The number of aryl methyl sites for hydroxylation is 1. The minimum atomic E-state index is -0.0656. The maximum atomic E-state index is 13.6. The standard InChI is InChI=1S/C37H45N5O3S/c1-5-6-19-44-20-21-45-34-14-9-29(10-15-34)30-11-16-35-32(22-30)23-31(17-18-42(35)24-27(2)3)36(43)39-33-12-7-28(8-13-33)25-46-37-40-38-26-41(37)4/h7-16,22-23,26-27H,5-6,17-21,24-25H2,1-4H3,(H,39,43). The van der Waals surface area contributed by atoms with E-state index in [1.54, 1.807) is 18.1 Å². The molecule has 4 aromatic rings. The number of amides is 1. The van der Waals surface area contributed by atoms with Gasteiger partial charge >= 0.3 is 0 Å². The van der Waals surface area contributed by atoms with Crippen molar-refractivity contribution in [2.75, 3.05) is 43.1 Å². The molecular formula is C37H45N5O3S. The van der Waals surface area contributed by atoms with E-state index < -0.39 is 0 Å². The average molecular weight is 640 g/mol. The monoisotopic (exact) mass is 639 g/mol. The topological polar surface area (TPSA) is 81.5 Å². The summed E-state index contributed by atoms with van der Waals surface area (Å²) >= 11 is 1.63. The van der Waals surface area contributed by atoms with Crippen molar-refractivity contribution in [3.8, 4) is 16.9 Å². The van der Waals surface area contributed by atoms with E-state index in [4.69, 9.17) is 9.47 Å². The summed E-state index contributed by atoms with van der Waals surface area (Å²) in [5.74, 6) is 2.04. The molecule has 0 unspecified atom stereocenters. The molecule has 1 N–H and O–H groups in total. The van der Waals surface area contributed by atoms with Gasteiger partial charge in [0.2, 0.25) is 0 Å². The molecule has 0 aliphatic carbocycles. The van der Waals surface area contributed by atoms with E-state index in [2.05, 4.69) is 77.6 Å². The molecule has 5 rings (SSSR count). The molecule has 1 amide bonds. The second kappa shape index (κ2) is 16.5. The third-order valence-electron chi connectivity index (χ3n) is 7.80. The van der Waals surface area contributed by atoms with Crippen LogP contribution >= 0.6 is 11.8 Å². The first kappa shape index (κ1) is 33.3. The van der Waals surface area contributed by atoms with Crippen molar-refractivity contribution in [2.24, 2.45) is 13.0 Å². The molecule has 46 heavy (non-hydrogen) atoms. The van der Waals surface area contributed by atoms with Gasteiger partial charge < -0.3 is 24.3 Å². The average Bonchev–Trinajstić information content (AvgIpc) is 3.38. The van der Waals surface area contributed by atoms with Gasteiger partial charge in [-0.15, -0.1) is 10.2 Å². The highest BCUT2D eigenvalue weighted by atomic mass is 32.2. The Labute approximate surface area is 277 Å². The first-order chi connectivity index (χ1) is 22.4. The Morgan fingerprint density at radius 2 is 1.78 bits per heavy atom. The van der Waals surface area contributed by atoms with Gasteiger partial charge in [-0.3, -0.25) is 4.79 Å². The van der Waals surface area contributed by atoms with Gasteiger partial charge in [0.05, 0.1) is 6.61 Å². The number of hydrogen-bond acceptors (Lipinski definition) is 7. The number of nitrogens with zero attached hydrogens (tertiary/aromatic N) is 4. The molecule has 1 aliphatic heterocycles. The number of ether oxygens (including phenoxy) is 2. The maximum absolute atomic E-state index is 13.6. The van der Waals surface area contributed by atoms with Crippen LogP contribution in [0.2, 0.25) is 0 Å². The fourth-order valence-corrected chi connectivity index (χ4v) is 6.18. The third kappa shape index (κ3) is 9.23. The highest BCUT2D eigenvalue weighted by Gasteiger charge is 2.21. The number of aromatic nitrogens is 3. The number of fused-ring (bicyclic) bond motifs is 1. The van der Waals surface area contributed by atoms with E-state index >= 15 is 0 Å². The van der Waals surface area contributed by atoms with Crippen LogP contribution in [0, 0.1) is 5.92 Å². The molecule has 0 atom stereocenters. The Kier molecular flexibility index (Phi) is 11.9. The molecule has 0 spiro atoms. The second-order valence-electron chi connectivity index (χ2n) is 12.0. The molecule has 0 bridgehead atoms. The van der Waals surface area contributed by atoms with Crippen LogP contribution in [0.3, 0.4) is 0 Å². The SMILES string of the molecule is CCCCOCCOc1ccc(-c2ccc3c(c2)C=C(C(=O)Nc2ccc(CSc4nncn4C)cc2)CCN3CC(C)C)cc1. The van der Waals surface area contributed by atoms with E-state index in [0.717, 1.165) is 88.4 Å². The van der Waals surface area contributed by atoms with Crippen molar-refractivity contribution >= 4 is 35.1 Å². The Morgan fingerprint density at radius 1 is 1.00 bits per heavy atom.